The second-order valence-electron chi connectivity index (χ2n) is 16.9. The zero-order valence-electron chi connectivity index (χ0n) is 35.4. The van der Waals surface area contributed by atoms with Crippen LogP contribution in [0.2, 0.25) is 0 Å². The quantitative estimate of drug-likeness (QED) is 0.149. The van der Waals surface area contributed by atoms with Crippen LogP contribution in [0.25, 0.3) is 49.7 Å². The zero-order chi connectivity index (χ0) is 42.8. The number of rotatable bonds is 7. The van der Waals surface area contributed by atoms with Crippen molar-refractivity contribution in [2.75, 3.05) is 9.80 Å². The van der Waals surface area contributed by atoms with Gasteiger partial charge in [-0.2, -0.15) is 0 Å². The van der Waals surface area contributed by atoms with Crippen molar-refractivity contribution >= 4 is 79.0 Å². The Morgan fingerprint density at radius 3 is 1.55 bits per heavy atom. The Bertz CT molecular complexity index is 3470. The lowest BCUT2D eigenvalue weighted by atomic mass is 9.34. The van der Waals surface area contributed by atoms with E-state index in [4.69, 9.17) is 4.74 Å². The topological polar surface area (TPSA) is 20.6 Å². The lowest BCUT2D eigenvalue weighted by molar-refractivity contribution is 0.487. The van der Waals surface area contributed by atoms with Crippen LogP contribution in [0.1, 0.15) is 0 Å². The molecule has 2 aliphatic heterocycles. The lowest BCUT2D eigenvalue weighted by Crippen LogP contribution is -2.59. The summed E-state index contributed by atoms with van der Waals surface area (Å²) in [4.78, 5) is 4.77. The zero-order valence-corrected chi connectivity index (χ0v) is 35.4. The molecule has 0 N–H and O–H groups in total. The van der Waals surface area contributed by atoms with Gasteiger partial charge in [0.2, 0.25) is 0 Å². The number of anilines is 6. The van der Waals surface area contributed by atoms with E-state index in [0.717, 1.165) is 56.8 Å². The van der Waals surface area contributed by atoms with Gasteiger partial charge in [0, 0.05) is 56.7 Å². The van der Waals surface area contributed by atoms with Gasteiger partial charge in [0.15, 0.2) is 0 Å². The molecule has 65 heavy (non-hydrogen) atoms. The highest BCUT2D eigenvalue weighted by Crippen LogP contribution is 2.45. The van der Waals surface area contributed by atoms with E-state index in [1.165, 1.54) is 55.0 Å². The van der Waals surface area contributed by atoms with Gasteiger partial charge in [-0.05, 0) is 118 Å². The fourth-order valence-corrected chi connectivity index (χ4v) is 10.3. The van der Waals surface area contributed by atoms with E-state index in [1.807, 2.05) is 0 Å². The molecule has 0 bridgehead atoms. The SMILES string of the molecule is c1ccc(-c2ccc(N(c3ccc(-c4ccccc4)cc3)c3ccc4c(c3)Oc3cccc5c3B4c3cc4c6ccccc6n(-c6ccccc6)c4cc3N5c3ccccc3)cc2)cc1. The molecule has 2 aliphatic rings. The summed E-state index contributed by atoms with van der Waals surface area (Å²) in [6.45, 7) is -0.0686. The average Bonchev–Trinajstić information content (AvgIpc) is 3.70. The van der Waals surface area contributed by atoms with Crippen LogP contribution in [0, 0.1) is 0 Å². The summed E-state index contributed by atoms with van der Waals surface area (Å²) in [5, 5.41) is 2.46. The number of para-hydroxylation sites is 3. The van der Waals surface area contributed by atoms with Crippen LogP contribution in [-0.2, 0) is 0 Å². The van der Waals surface area contributed by atoms with Crippen molar-refractivity contribution in [1.29, 1.82) is 0 Å². The van der Waals surface area contributed by atoms with E-state index in [-0.39, 0.29) is 6.71 Å². The molecule has 1 aromatic heterocycles. The normalized spacial score (nSPS) is 12.4. The highest BCUT2D eigenvalue weighted by atomic mass is 16.5. The van der Waals surface area contributed by atoms with Crippen LogP contribution in [0.5, 0.6) is 11.5 Å². The van der Waals surface area contributed by atoms with Crippen LogP contribution < -0.4 is 30.9 Å². The number of aromatic nitrogens is 1. The Labute approximate surface area is 378 Å². The molecule has 10 aromatic carbocycles. The standard InChI is InChI=1S/C60H40BN3O/c1-5-16-41(17-6-1)43-28-32-47(33-29-43)62(48-34-30-44(31-35-48)42-18-7-2-8-19-42)49-36-37-52-59(38-49)65-58-27-15-26-55-60(58)61(52)53-39-51-50-24-13-14-25-54(50)63(45-20-9-3-10-21-45)56(51)40-57(53)64(55)46-22-11-4-12-23-46/h1-40H. The van der Waals surface area contributed by atoms with Crippen molar-refractivity contribution < 1.29 is 4.74 Å². The van der Waals surface area contributed by atoms with Gasteiger partial charge in [-0.25, -0.2) is 0 Å². The first-order valence-electron chi connectivity index (χ1n) is 22.3. The summed E-state index contributed by atoms with van der Waals surface area (Å²) in [5.41, 5.74) is 18.4. The molecule has 0 amide bonds. The van der Waals surface area contributed by atoms with Crippen LogP contribution in [-0.4, -0.2) is 11.3 Å². The maximum absolute atomic E-state index is 7.10. The minimum atomic E-state index is -0.0686. The van der Waals surface area contributed by atoms with E-state index in [1.54, 1.807) is 0 Å². The fourth-order valence-electron chi connectivity index (χ4n) is 10.3. The van der Waals surface area contributed by atoms with E-state index in [0.29, 0.717) is 0 Å². The van der Waals surface area contributed by atoms with Gasteiger partial charge in [0.05, 0.1) is 11.0 Å². The number of fused-ring (bicyclic) bond motifs is 7. The largest absolute Gasteiger partial charge is 0.458 e. The molecule has 11 aromatic rings. The number of nitrogens with zero attached hydrogens (tertiary/aromatic N) is 3. The molecule has 13 rings (SSSR count). The van der Waals surface area contributed by atoms with Gasteiger partial charge >= 0.3 is 0 Å². The first-order chi connectivity index (χ1) is 32.2. The summed E-state index contributed by atoms with van der Waals surface area (Å²) in [6.07, 6.45) is 0. The first kappa shape index (κ1) is 37.1. The summed E-state index contributed by atoms with van der Waals surface area (Å²) in [5.74, 6) is 1.73. The smallest absolute Gasteiger partial charge is 0.256 e. The summed E-state index contributed by atoms with van der Waals surface area (Å²) in [7, 11) is 0. The predicted octanol–water partition coefficient (Wildman–Crippen LogP) is 14.0. The second kappa shape index (κ2) is 15.1. The Morgan fingerprint density at radius 1 is 0.354 bits per heavy atom. The second-order valence-corrected chi connectivity index (χ2v) is 16.9. The molecule has 0 aliphatic carbocycles. The molecule has 0 saturated carbocycles. The first-order valence-corrected chi connectivity index (χ1v) is 22.3. The summed E-state index contributed by atoms with van der Waals surface area (Å²) in [6, 6.07) is 87.4. The van der Waals surface area contributed by atoms with Gasteiger partial charge in [0.1, 0.15) is 11.5 Å². The van der Waals surface area contributed by atoms with Gasteiger partial charge < -0.3 is 19.1 Å². The van der Waals surface area contributed by atoms with Crippen molar-refractivity contribution in [3.63, 3.8) is 0 Å². The number of benzene rings is 10. The fraction of sp³-hybridized carbons (Fsp3) is 0. The summed E-state index contributed by atoms with van der Waals surface area (Å²) >= 11 is 0. The number of ether oxygens (including phenoxy) is 1. The van der Waals surface area contributed by atoms with Crippen LogP contribution >= 0.6 is 0 Å². The highest BCUT2D eigenvalue weighted by molar-refractivity contribution is 6.99. The van der Waals surface area contributed by atoms with Crippen LogP contribution in [0.3, 0.4) is 0 Å². The average molecular weight is 830 g/mol. The molecule has 5 heteroatoms. The Morgan fingerprint density at radius 2 is 0.908 bits per heavy atom. The number of hydrogen-bond donors (Lipinski definition) is 0. The predicted molar refractivity (Wildman–Crippen MR) is 272 cm³/mol. The van der Waals surface area contributed by atoms with Crippen LogP contribution in [0.15, 0.2) is 243 Å². The van der Waals surface area contributed by atoms with Gasteiger partial charge in [-0.3, -0.25) is 0 Å². The third-order valence-corrected chi connectivity index (χ3v) is 13.2. The lowest BCUT2D eigenvalue weighted by Gasteiger charge is -2.40. The maximum atomic E-state index is 7.10. The molecule has 0 saturated heterocycles. The van der Waals surface area contributed by atoms with E-state index >= 15 is 0 Å². The van der Waals surface area contributed by atoms with E-state index in [2.05, 4.69) is 257 Å². The molecular weight excluding hydrogens is 789 g/mol. The molecule has 304 valence electrons. The van der Waals surface area contributed by atoms with Gasteiger partial charge in [-0.15, -0.1) is 0 Å². The number of hydrogen-bond acceptors (Lipinski definition) is 3. The molecule has 4 nitrogen and oxygen atoms in total. The van der Waals surface area contributed by atoms with E-state index in [9.17, 15) is 0 Å². The molecule has 0 fully saturated rings. The monoisotopic (exact) mass is 829 g/mol. The van der Waals surface area contributed by atoms with Crippen molar-refractivity contribution in [2.24, 2.45) is 0 Å². The third-order valence-electron chi connectivity index (χ3n) is 13.2. The highest BCUT2D eigenvalue weighted by Gasteiger charge is 2.42. The van der Waals surface area contributed by atoms with Crippen molar-refractivity contribution in [3.8, 4) is 39.4 Å². The molecule has 3 heterocycles. The molecule has 0 unspecified atom stereocenters. The van der Waals surface area contributed by atoms with Crippen molar-refractivity contribution in [1.82, 2.24) is 4.57 Å². The third kappa shape index (κ3) is 6.08. The molecule has 0 radical (unpaired) electrons. The van der Waals surface area contributed by atoms with E-state index < -0.39 is 0 Å². The molecular formula is C60H40BN3O. The Hall–Kier alpha value is -8.54. The van der Waals surface area contributed by atoms with Gasteiger partial charge in [-0.1, -0.05) is 158 Å². The molecule has 0 spiro atoms. The molecule has 0 atom stereocenters. The Balaban J connectivity index is 1.00. The maximum Gasteiger partial charge on any atom is 0.256 e. The Kier molecular flexibility index (Phi) is 8.60. The minimum absolute atomic E-state index is 0.0686. The summed E-state index contributed by atoms with van der Waals surface area (Å²) < 4.78 is 9.52. The van der Waals surface area contributed by atoms with Crippen molar-refractivity contribution in [3.05, 3.63) is 243 Å². The minimum Gasteiger partial charge on any atom is -0.458 e. The van der Waals surface area contributed by atoms with Crippen molar-refractivity contribution in [2.45, 2.75) is 0 Å². The van der Waals surface area contributed by atoms with Crippen LogP contribution in [0.4, 0.5) is 34.1 Å². The van der Waals surface area contributed by atoms with Gasteiger partial charge in [0.25, 0.3) is 6.71 Å².